The fourth-order valence-electron chi connectivity index (χ4n) is 12.8. The third-order valence-corrected chi connectivity index (χ3v) is 19.9. The van der Waals surface area contributed by atoms with Crippen LogP contribution in [-0.2, 0) is 86.3 Å². The number of carbonyl (C=O) groups is 18. The zero-order valence-corrected chi connectivity index (χ0v) is 77.7. The van der Waals surface area contributed by atoms with Crippen molar-refractivity contribution in [2.45, 2.75) is 217 Å². The number of hydrogen-bond donors (Lipinski definition) is 15. The van der Waals surface area contributed by atoms with Gasteiger partial charge in [0.1, 0.15) is 18.1 Å². The molecule has 0 saturated heterocycles. The summed E-state index contributed by atoms with van der Waals surface area (Å²) in [5.41, 5.74) is 32.6. The van der Waals surface area contributed by atoms with E-state index in [1.807, 2.05) is 13.8 Å². The van der Waals surface area contributed by atoms with Crippen molar-refractivity contribution in [2.75, 3.05) is 177 Å². The Morgan fingerprint density at radius 3 is 0.669 bits per heavy atom. The SMILES string of the molecule is CCC(=O)N(CCNC(=O)CN(CCNC(=O)[C@H](CCCN=C(N)N)N(CCNC(=O)CN(CCNC(C)C)C(=O)CC)C(=O)CC)C(=O)CC)CC(=O)NCCN(C(=O)CC)[C@@H](CCCN=C(N)N)C(=O)NCCN(CC(=O)NCCN(CC(=O)NCCN(C(=O)CC)[C@@H](CCCN=C(N)N)C(=O)NCCN(CC(=O)C(C)(C)C)C(=O)CC)C(=O)CC)C(=O)CC. The molecule has 0 heterocycles. The van der Waals surface area contributed by atoms with Crippen molar-refractivity contribution in [2.24, 2.45) is 54.8 Å². The number of nitrogens with zero attached hydrogens (tertiary/aromatic N) is 12. The number of ketones is 1. The molecular weight excluding hydrogens is 1650 g/mol. The fraction of sp³-hybridized carbons (Fsp3) is 0.744. The first-order chi connectivity index (χ1) is 60.0. The summed E-state index contributed by atoms with van der Waals surface area (Å²) in [6, 6.07) is -3.18. The Morgan fingerprint density at radius 1 is 0.276 bits per heavy atom. The second-order valence-electron chi connectivity index (χ2n) is 31.1. The summed E-state index contributed by atoms with van der Waals surface area (Å²) in [5.74, 6) is -9.20. The van der Waals surface area contributed by atoms with E-state index in [0.717, 1.165) is 0 Å². The van der Waals surface area contributed by atoms with E-state index < -0.39 is 138 Å². The van der Waals surface area contributed by atoms with Crippen LogP contribution in [0.2, 0.25) is 0 Å². The molecule has 0 radical (unpaired) electrons. The Morgan fingerprint density at radius 2 is 0.472 bits per heavy atom. The fourth-order valence-corrected chi connectivity index (χ4v) is 12.8. The maximum Gasteiger partial charge on any atom is 0.242 e. The van der Waals surface area contributed by atoms with Crippen LogP contribution >= 0.6 is 0 Å². The average molecular weight is 1800 g/mol. The summed E-state index contributed by atoms with van der Waals surface area (Å²) < 4.78 is 0. The van der Waals surface area contributed by atoms with Gasteiger partial charge in [-0.25, -0.2) is 0 Å². The molecule has 45 nitrogen and oxygen atoms in total. The van der Waals surface area contributed by atoms with E-state index in [0.29, 0.717) is 13.1 Å². The van der Waals surface area contributed by atoms with Crippen molar-refractivity contribution >= 4 is 124 Å². The van der Waals surface area contributed by atoms with Crippen molar-refractivity contribution in [3.05, 3.63) is 0 Å². The maximum atomic E-state index is 14.3. The Hall–Kier alpha value is -11.6. The normalized spacial score (nSPS) is 11.6. The number of rotatable bonds is 67. The molecule has 0 unspecified atom stereocenters. The number of guanidine groups is 3. The number of aliphatic imine (C=N–C) groups is 3. The zero-order valence-electron chi connectivity index (χ0n) is 77.7. The topological polar surface area (TPSA) is 638 Å². The minimum atomic E-state index is -1.18. The molecule has 0 aliphatic carbocycles. The number of amides is 17. The van der Waals surface area contributed by atoms with Crippen LogP contribution in [0.4, 0.5) is 0 Å². The van der Waals surface area contributed by atoms with Crippen LogP contribution < -0.4 is 82.3 Å². The van der Waals surface area contributed by atoms with Crippen LogP contribution in [0.25, 0.3) is 0 Å². The van der Waals surface area contributed by atoms with E-state index in [4.69, 9.17) is 34.4 Å². The van der Waals surface area contributed by atoms with Crippen molar-refractivity contribution in [3.63, 3.8) is 0 Å². The predicted molar refractivity (Wildman–Crippen MR) is 480 cm³/mol. The predicted octanol–water partition coefficient (Wildman–Crippen LogP) is -5.06. The molecule has 0 aromatic heterocycles. The highest BCUT2D eigenvalue weighted by Crippen LogP contribution is 2.18. The number of carbonyl (C=O) groups excluding carboxylic acids is 18. The smallest absolute Gasteiger partial charge is 0.242 e. The van der Waals surface area contributed by atoms with Crippen LogP contribution in [0.5, 0.6) is 0 Å². The first-order valence-electron chi connectivity index (χ1n) is 44.2. The third kappa shape index (κ3) is 49.2. The van der Waals surface area contributed by atoms with Crippen molar-refractivity contribution in [1.82, 2.24) is 92.0 Å². The van der Waals surface area contributed by atoms with E-state index in [1.165, 1.54) is 44.1 Å². The van der Waals surface area contributed by atoms with Crippen molar-refractivity contribution in [1.29, 1.82) is 0 Å². The molecule has 45 heteroatoms. The molecule has 3 atom stereocenters. The molecule has 0 bridgehead atoms. The lowest BCUT2D eigenvalue weighted by atomic mass is 9.90. The van der Waals surface area contributed by atoms with E-state index in [-0.39, 0.29) is 275 Å². The molecule has 0 aromatic carbocycles. The molecule has 0 aromatic rings. The molecule has 0 fully saturated rings. The summed E-state index contributed by atoms with van der Waals surface area (Å²) in [6.45, 7) is 20.2. The highest BCUT2D eigenvalue weighted by Gasteiger charge is 2.34. The summed E-state index contributed by atoms with van der Waals surface area (Å²) >= 11 is 0. The highest BCUT2D eigenvalue weighted by molar-refractivity contribution is 5.93. The molecular formula is C82H151N27O18. The molecule has 0 aliphatic heterocycles. The average Bonchev–Trinajstić information content (AvgIpc) is 0.906. The molecule has 127 heavy (non-hydrogen) atoms. The highest BCUT2D eigenvalue weighted by atomic mass is 16.2. The summed E-state index contributed by atoms with van der Waals surface area (Å²) in [4.78, 5) is 265. The van der Waals surface area contributed by atoms with Gasteiger partial charge in [-0.15, -0.1) is 0 Å². The Balaban J connectivity index is 6.23. The summed E-state index contributed by atoms with van der Waals surface area (Å²) in [6.07, 6.45) is 1.08. The third-order valence-electron chi connectivity index (χ3n) is 19.9. The van der Waals surface area contributed by atoms with E-state index in [2.05, 4.69) is 62.8 Å². The minimum Gasteiger partial charge on any atom is -0.370 e. The van der Waals surface area contributed by atoms with Crippen LogP contribution in [-0.4, -0.2) is 369 Å². The van der Waals surface area contributed by atoms with Crippen molar-refractivity contribution < 1.29 is 86.3 Å². The van der Waals surface area contributed by atoms with Crippen LogP contribution in [0.15, 0.2) is 15.0 Å². The van der Waals surface area contributed by atoms with E-state index in [1.54, 1.807) is 83.1 Å². The van der Waals surface area contributed by atoms with Crippen LogP contribution in [0.1, 0.15) is 193 Å². The quantitative estimate of drug-likeness (QED) is 0.0154. The largest absolute Gasteiger partial charge is 0.370 e. The standard InChI is InChI=1S/C82H151N27O18/c1-15-67(116)101(51-61(110)82(12,13)14)45-36-95-76(125)58(27-24-30-98-79(83)84)107(73(122)21-7)49-40-93-65(114)55-103(69(118)17-3)43-34-90-63(112)53-106(72(121)20-6)47-38-97-78(127)60(29-26-32-100-81(87)88)109(75(124)23-9)50-41-94-66(115)56-104(70(119)18-4)44-35-91-62(111)52-105(71(120)19-5)46-37-96-77(126)59(28-25-31-99-80(85)86)108(74(123)22-8)48-39-92-64(113)54-102(68(117)16-2)42-33-89-57(10)11/h57-60,89H,15-56H2,1-14H3,(H,90,112)(H,91,111)(H,92,113)(H,93,114)(H,94,115)(H,95,125)(H,96,126)(H,97,127)(H4,83,84,98)(H4,85,86,99)(H4,87,88,100)/t58-,59-,60-/m0/s1. The van der Waals surface area contributed by atoms with Gasteiger partial charge in [-0.2, -0.15) is 0 Å². The molecule has 0 rings (SSSR count). The van der Waals surface area contributed by atoms with Gasteiger partial charge in [0.2, 0.25) is 100 Å². The minimum absolute atomic E-state index is 0.00629. The first kappa shape index (κ1) is 115. The Labute approximate surface area is 748 Å². The molecule has 17 amide bonds. The van der Waals surface area contributed by atoms with Gasteiger partial charge >= 0.3 is 0 Å². The second-order valence-corrected chi connectivity index (χ2v) is 31.1. The first-order valence-corrected chi connectivity index (χ1v) is 44.2. The maximum absolute atomic E-state index is 14.3. The molecule has 0 spiro atoms. The second kappa shape index (κ2) is 65.1. The number of nitrogens with one attached hydrogen (secondary N) is 9. The Bertz CT molecular complexity index is 3620. The molecule has 0 aliphatic rings. The number of Topliss-reactive ketones (excluding diaryl/α,β-unsaturated/α-hetero) is 1. The Kier molecular flexibility index (Phi) is 59.1. The van der Waals surface area contributed by atoms with Gasteiger partial charge in [0, 0.05) is 207 Å². The van der Waals surface area contributed by atoms with Gasteiger partial charge in [-0.1, -0.05) is 96.9 Å². The summed E-state index contributed by atoms with van der Waals surface area (Å²) in [5, 5.41) is 25.1. The van der Waals surface area contributed by atoms with Gasteiger partial charge in [-0.3, -0.25) is 101 Å². The van der Waals surface area contributed by atoms with Crippen LogP contribution in [0.3, 0.4) is 0 Å². The lowest BCUT2D eigenvalue weighted by Crippen LogP contribution is -2.53. The molecule has 21 N–H and O–H groups in total. The van der Waals surface area contributed by atoms with E-state index in [9.17, 15) is 86.3 Å². The monoisotopic (exact) mass is 1800 g/mol. The van der Waals surface area contributed by atoms with Gasteiger partial charge in [0.05, 0.1) is 39.3 Å². The van der Waals surface area contributed by atoms with Gasteiger partial charge < -0.3 is 126 Å². The summed E-state index contributed by atoms with van der Waals surface area (Å²) in [7, 11) is 0. The lowest BCUT2D eigenvalue weighted by molar-refractivity contribution is -0.141. The molecule has 722 valence electrons. The van der Waals surface area contributed by atoms with E-state index >= 15 is 0 Å². The molecule has 0 saturated carbocycles. The van der Waals surface area contributed by atoms with Crippen molar-refractivity contribution in [3.8, 4) is 0 Å². The zero-order chi connectivity index (χ0) is 96.3. The van der Waals surface area contributed by atoms with Gasteiger partial charge in [0.25, 0.3) is 0 Å². The van der Waals surface area contributed by atoms with Gasteiger partial charge in [-0.05, 0) is 38.5 Å². The lowest BCUT2D eigenvalue weighted by Gasteiger charge is -2.32. The van der Waals surface area contributed by atoms with Crippen LogP contribution in [0, 0.1) is 5.41 Å². The number of nitrogens with two attached hydrogens (primary N) is 6. The van der Waals surface area contributed by atoms with Gasteiger partial charge in [0.15, 0.2) is 23.7 Å². The number of hydrogen-bond acceptors (Lipinski definition) is 22.